The Morgan fingerprint density at radius 1 is 1.25 bits per heavy atom. The average molecular weight is 392 g/mol. The molecule has 154 valence electrons. The molecule has 7 heteroatoms. The standard InChI is InChI=1S/C21H28O7/c1-11(2)19(24)27-16-10-21(6,28-14(5)22)17(23)8-7-12(3)9-15-18(16)13(4)20(25)26-15/h12,15-16,18H,1,4,7-10H2,2-3,5-6H3/t12-,15+,16-,18-,21+/m0/s1. The molecule has 1 saturated heterocycles. The second kappa shape index (κ2) is 8.29. The summed E-state index contributed by atoms with van der Waals surface area (Å²) in [6, 6.07) is 0. The first-order valence-electron chi connectivity index (χ1n) is 9.43. The summed E-state index contributed by atoms with van der Waals surface area (Å²) in [6.07, 6.45) is -0.235. The van der Waals surface area contributed by atoms with Gasteiger partial charge in [-0.3, -0.25) is 9.59 Å². The highest BCUT2D eigenvalue weighted by atomic mass is 16.6. The van der Waals surface area contributed by atoms with Crippen LogP contribution in [0, 0.1) is 11.8 Å². The van der Waals surface area contributed by atoms with Gasteiger partial charge in [0.1, 0.15) is 12.2 Å². The van der Waals surface area contributed by atoms with Crippen molar-refractivity contribution in [1.29, 1.82) is 0 Å². The van der Waals surface area contributed by atoms with E-state index >= 15 is 0 Å². The van der Waals surface area contributed by atoms with Gasteiger partial charge in [-0.15, -0.1) is 0 Å². The van der Waals surface area contributed by atoms with Gasteiger partial charge in [-0.05, 0) is 32.6 Å². The average Bonchev–Trinajstić information content (AvgIpc) is 2.84. The summed E-state index contributed by atoms with van der Waals surface area (Å²) in [4.78, 5) is 49.0. The van der Waals surface area contributed by atoms with Gasteiger partial charge in [0.15, 0.2) is 11.4 Å². The second-order valence-electron chi connectivity index (χ2n) is 8.05. The lowest BCUT2D eigenvalue weighted by Crippen LogP contribution is -2.48. The topological polar surface area (TPSA) is 96.0 Å². The number of rotatable bonds is 3. The molecule has 1 heterocycles. The quantitative estimate of drug-likeness (QED) is 0.414. The highest BCUT2D eigenvalue weighted by Gasteiger charge is 2.50. The molecule has 1 aliphatic heterocycles. The first-order valence-corrected chi connectivity index (χ1v) is 9.43. The Labute approximate surface area is 165 Å². The van der Waals surface area contributed by atoms with Crippen molar-refractivity contribution in [3.8, 4) is 0 Å². The fraction of sp³-hybridized carbons (Fsp3) is 0.619. The van der Waals surface area contributed by atoms with Gasteiger partial charge in [-0.1, -0.05) is 20.1 Å². The summed E-state index contributed by atoms with van der Waals surface area (Å²) >= 11 is 0. The van der Waals surface area contributed by atoms with Crippen molar-refractivity contribution >= 4 is 23.7 Å². The molecular formula is C21H28O7. The van der Waals surface area contributed by atoms with E-state index in [2.05, 4.69) is 13.2 Å². The highest BCUT2D eigenvalue weighted by molar-refractivity contribution is 5.92. The number of hydrogen-bond donors (Lipinski definition) is 0. The maximum atomic E-state index is 12.9. The molecule has 1 saturated carbocycles. The summed E-state index contributed by atoms with van der Waals surface area (Å²) in [5, 5.41) is 0. The van der Waals surface area contributed by atoms with Gasteiger partial charge in [0.25, 0.3) is 0 Å². The molecule has 0 amide bonds. The van der Waals surface area contributed by atoms with Gasteiger partial charge in [-0.2, -0.15) is 0 Å². The SMILES string of the molecule is C=C(C)C(=O)O[C@H]1C[C@@](C)(OC(C)=O)C(=O)CC[C@H](C)C[C@H]2OC(=O)C(=C)[C@H]12. The summed E-state index contributed by atoms with van der Waals surface area (Å²) in [5.41, 5.74) is -1.12. The number of hydrogen-bond acceptors (Lipinski definition) is 7. The maximum absolute atomic E-state index is 12.9. The second-order valence-corrected chi connectivity index (χ2v) is 8.05. The van der Waals surface area contributed by atoms with Crippen molar-refractivity contribution in [3.63, 3.8) is 0 Å². The monoisotopic (exact) mass is 392 g/mol. The van der Waals surface area contributed by atoms with E-state index in [0.29, 0.717) is 12.8 Å². The number of ether oxygens (including phenoxy) is 3. The van der Waals surface area contributed by atoms with E-state index in [0.717, 1.165) is 0 Å². The molecule has 28 heavy (non-hydrogen) atoms. The van der Waals surface area contributed by atoms with Gasteiger partial charge in [0.2, 0.25) is 0 Å². The zero-order valence-electron chi connectivity index (χ0n) is 16.9. The predicted octanol–water partition coefficient (Wildman–Crippen LogP) is 2.67. The number of ketones is 1. The number of fused-ring (bicyclic) bond motifs is 1. The third kappa shape index (κ3) is 4.69. The Balaban J connectivity index is 2.49. The molecule has 0 aromatic carbocycles. The third-order valence-corrected chi connectivity index (χ3v) is 5.38. The van der Waals surface area contributed by atoms with Crippen LogP contribution in [0.4, 0.5) is 0 Å². The van der Waals surface area contributed by atoms with Crippen molar-refractivity contribution in [3.05, 3.63) is 24.3 Å². The smallest absolute Gasteiger partial charge is 0.334 e. The number of carbonyl (C=O) groups excluding carboxylic acids is 4. The molecule has 0 aromatic rings. The van der Waals surface area contributed by atoms with Crippen LogP contribution in [0.2, 0.25) is 0 Å². The Hall–Kier alpha value is -2.44. The molecule has 0 bridgehead atoms. The van der Waals surface area contributed by atoms with Gasteiger partial charge in [0.05, 0.1) is 5.92 Å². The molecule has 0 N–H and O–H groups in total. The minimum absolute atomic E-state index is 0.0762. The van der Waals surface area contributed by atoms with Crippen LogP contribution in [0.15, 0.2) is 24.3 Å². The first kappa shape index (κ1) is 21.9. The Kier molecular flexibility index (Phi) is 6.47. The molecule has 0 aromatic heterocycles. The Bertz CT molecular complexity index is 722. The van der Waals surface area contributed by atoms with E-state index in [-0.39, 0.29) is 35.7 Å². The van der Waals surface area contributed by atoms with E-state index in [1.165, 1.54) is 20.8 Å². The fourth-order valence-electron chi connectivity index (χ4n) is 3.86. The molecule has 2 aliphatic rings. The van der Waals surface area contributed by atoms with Crippen LogP contribution in [0.1, 0.15) is 53.4 Å². The number of esters is 3. The van der Waals surface area contributed by atoms with E-state index in [1.54, 1.807) is 0 Å². The normalized spacial score (nSPS) is 33.5. The molecular weight excluding hydrogens is 364 g/mol. The van der Waals surface area contributed by atoms with Crippen LogP contribution in [0.25, 0.3) is 0 Å². The molecule has 1 aliphatic carbocycles. The van der Waals surface area contributed by atoms with Crippen LogP contribution in [0.5, 0.6) is 0 Å². The van der Waals surface area contributed by atoms with Crippen LogP contribution >= 0.6 is 0 Å². The highest BCUT2D eigenvalue weighted by Crippen LogP contribution is 2.40. The lowest BCUT2D eigenvalue weighted by Gasteiger charge is -2.36. The lowest BCUT2D eigenvalue weighted by molar-refractivity contribution is -0.172. The van der Waals surface area contributed by atoms with Gasteiger partial charge < -0.3 is 14.2 Å². The van der Waals surface area contributed by atoms with E-state index < -0.39 is 41.6 Å². The van der Waals surface area contributed by atoms with Crippen LogP contribution in [0.3, 0.4) is 0 Å². The van der Waals surface area contributed by atoms with Crippen molar-refractivity contribution in [2.45, 2.75) is 71.2 Å². The molecule has 5 atom stereocenters. The first-order chi connectivity index (χ1) is 12.9. The van der Waals surface area contributed by atoms with Gasteiger partial charge in [0, 0.05) is 30.9 Å². The fourth-order valence-corrected chi connectivity index (χ4v) is 3.86. The van der Waals surface area contributed by atoms with Crippen molar-refractivity contribution in [2.75, 3.05) is 0 Å². The van der Waals surface area contributed by atoms with E-state index in [9.17, 15) is 19.2 Å². The third-order valence-electron chi connectivity index (χ3n) is 5.38. The molecule has 0 unspecified atom stereocenters. The molecule has 2 fully saturated rings. The van der Waals surface area contributed by atoms with E-state index in [1.807, 2.05) is 6.92 Å². The van der Waals surface area contributed by atoms with Crippen LogP contribution < -0.4 is 0 Å². The number of carbonyl (C=O) groups is 4. The zero-order valence-corrected chi connectivity index (χ0v) is 16.9. The summed E-state index contributed by atoms with van der Waals surface area (Å²) in [6.45, 7) is 13.6. The molecule has 0 spiro atoms. The molecule has 7 nitrogen and oxygen atoms in total. The van der Waals surface area contributed by atoms with Gasteiger partial charge in [-0.25, -0.2) is 9.59 Å². The van der Waals surface area contributed by atoms with E-state index in [4.69, 9.17) is 14.2 Å². The molecule has 0 radical (unpaired) electrons. The Morgan fingerprint density at radius 3 is 2.46 bits per heavy atom. The summed E-state index contributed by atoms with van der Waals surface area (Å²) in [5.74, 6) is -2.61. The van der Waals surface area contributed by atoms with Crippen molar-refractivity contribution in [2.24, 2.45) is 11.8 Å². The summed E-state index contributed by atoms with van der Waals surface area (Å²) in [7, 11) is 0. The van der Waals surface area contributed by atoms with Gasteiger partial charge >= 0.3 is 17.9 Å². The Morgan fingerprint density at radius 2 is 1.89 bits per heavy atom. The largest absolute Gasteiger partial charge is 0.458 e. The van der Waals surface area contributed by atoms with Crippen LogP contribution in [-0.2, 0) is 33.4 Å². The predicted molar refractivity (Wildman–Crippen MR) is 100 cm³/mol. The number of Topliss-reactive ketones (excluding diaryl/α,β-unsaturated/α-hetero) is 1. The van der Waals surface area contributed by atoms with Crippen LogP contribution in [-0.4, -0.2) is 41.5 Å². The zero-order chi connectivity index (χ0) is 21.2. The maximum Gasteiger partial charge on any atom is 0.334 e. The van der Waals surface area contributed by atoms with Crippen molar-refractivity contribution in [1.82, 2.24) is 0 Å². The lowest BCUT2D eigenvalue weighted by atomic mass is 9.77. The summed E-state index contributed by atoms with van der Waals surface area (Å²) < 4.78 is 16.5. The van der Waals surface area contributed by atoms with Crippen molar-refractivity contribution < 1.29 is 33.4 Å². The molecule has 2 rings (SSSR count). The minimum Gasteiger partial charge on any atom is -0.458 e. The minimum atomic E-state index is -1.49.